The molecule has 0 saturated carbocycles. The van der Waals surface area contributed by atoms with Gasteiger partial charge in [0.25, 0.3) is 0 Å². The van der Waals surface area contributed by atoms with E-state index in [1.165, 1.54) is 0 Å². The standard InChI is InChI=1S/C21H14N2O/c22-13-17(14-23)12-20-19-9-5-4-8-18(19)10-11-21(20)24-15-16-6-2-1-3-7-16/h1-12H,15H2. The predicted octanol–water partition coefficient (Wildman–Crippen LogP) is 4.85. The van der Waals surface area contributed by atoms with Gasteiger partial charge in [-0.2, -0.15) is 10.5 Å². The molecule has 0 aromatic heterocycles. The molecule has 0 spiro atoms. The second-order valence-electron chi connectivity index (χ2n) is 5.25. The minimum Gasteiger partial charge on any atom is -0.488 e. The van der Waals surface area contributed by atoms with Crippen LogP contribution in [0.3, 0.4) is 0 Å². The van der Waals surface area contributed by atoms with Crippen LogP contribution in [0.1, 0.15) is 11.1 Å². The third-order valence-corrected chi connectivity index (χ3v) is 3.70. The van der Waals surface area contributed by atoms with Crippen molar-refractivity contribution >= 4 is 16.8 Å². The molecular formula is C21H14N2O. The lowest BCUT2D eigenvalue weighted by Crippen LogP contribution is -1.97. The van der Waals surface area contributed by atoms with Crippen LogP contribution in [0.15, 0.2) is 72.3 Å². The van der Waals surface area contributed by atoms with Crippen molar-refractivity contribution < 1.29 is 4.74 Å². The molecule has 0 atom stereocenters. The summed E-state index contributed by atoms with van der Waals surface area (Å²) in [4.78, 5) is 0. The van der Waals surface area contributed by atoms with Gasteiger partial charge in [-0.1, -0.05) is 60.7 Å². The van der Waals surface area contributed by atoms with Crippen LogP contribution in [0.4, 0.5) is 0 Å². The van der Waals surface area contributed by atoms with Gasteiger partial charge in [0.1, 0.15) is 30.1 Å². The number of hydrogen-bond acceptors (Lipinski definition) is 3. The molecule has 0 bridgehead atoms. The molecular weight excluding hydrogens is 296 g/mol. The topological polar surface area (TPSA) is 56.8 Å². The first-order valence-corrected chi connectivity index (χ1v) is 7.52. The minimum atomic E-state index is 0.0518. The molecule has 0 N–H and O–H groups in total. The molecule has 0 radical (unpaired) electrons. The summed E-state index contributed by atoms with van der Waals surface area (Å²) in [5.41, 5.74) is 1.86. The molecule has 0 saturated heterocycles. The minimum absolute atomic E-state index is 0.0518. The summed E-state index contributed by atoms with van der Waals surface area (Å²) in [6, 6.07) is 25.4. The zero-order chi connectivity index (χ0) is 16.8. The smallest absolute Gasteiger partial charge is 0.130 e. The lowest BCUT2D eigenvalue weighted by molar-refractivity contribution is 0.306. The Labute approximate surface area is 140 Å². The summed E-state index contributed by atoms with van der Waals surface area (Å²) in [6.45, 7) is 0.425. The van der Waals surface area contributed by atoms with Gasteiger partial charge in [-0.15, -0.1) is 0 Å². The SMILES string of the molecule is N#CC(C#N)=Cc1c(OCc2ccccc2)ccc2ccccc12. The molecule has 0 aliphatic rings. The molecule has 3 rings (SSSR count). The fraction of sp³-hybridized carbons (Fsp3) is 0.0476. The van der Waals surface area contributed by atoms with E-state index in [0.29, 0.717) is 12.4 Å². The second kappa shape index (κ2) is 7.13. The van der Waals surface area contributed by atoms with Gasteiger partial charge in [-0.05, 0) is 28.5 Å². The highest BCUT2D eigenvalue weighted by atomic mass is 16.5. The van der Waals surface area contributed by atoms with Gasteiger partial charge in [0.05, 0.1) is 0 Å². The van der Waals surface area contributed by atoms with Crippen LogP contribution in [0.25, 0.3) is 16.8 Å². The largest absolute Gasteiger partial charge is 0.488 e. The van der Waals surface area contributed by atoms with E-state index in [4.69, 9.17) is 15.3 Å². The average Bonchev–Trinajstić information content (AvgIpc) is 2.65. The van der Waals surface area contributed by atoms with Crippen LogP contribution >= 0.6 is 0 Å². The van der Waals surface area contributed by atoms with Crippen LogP contribution in [0.5, 0.6) is 5.75 Å². The second-order valence-corrected chi connectivity index (χ2v) is 5.25. The third kappa shape index (κ3) is 3.27. The Balaban J connectivity index is 2.05. The average molecular weight is 310 g/mol. The van der Waals surface area contributed by atoms with Crippen molar-refractivity contribution in [3.63, 3.8) is 0 Å². The monoisotopic (exact) mass is 310 g/mol. The Morgan fingerprint density at radius 2 is 1.58 bits per heavy atom. The lowest BCUT2D eigenvalue weighted by Gasteiger charge is -2.12. The Morgan fingerprint density at radius 1 is 0.875 bits per heavy atom. The van der Waals surface area contributed by atoms with Gasteiger partial charge in [-0.25, -0.2) is 0 Å². The number of nitrogens with zero attached hydrogens (tertiary/aromatic N) is 2. The summed E-state index contributed by atoms with van der Waals surface area (Å²) in [7, 11) is 0. The molecule has 24 heavy (non-hydrogen) atoms. The molecule has 0 unspecified atom stereocenters. The molecule has 3 aromatic rings. The van der Waals surface area contributed by atoms with E-state index in [2.05, 4.69) is 0 Å². The Bertz CT molecular complexity index is 960. The summed E-state index contributed by atoms with van der Waals surface area (Å²) in [5.74, 6) is 0.653. The molecule has 3 nitrogen and oxygen atoms in total. The van der Waals surface area contributed by atoms with Crippen molar-refractivity contribution in [2.24, 2.45) is 0 Å². The zero-order valence-electron chi connectivity index (χ0n) is 12.9. The van der Waals surface area contributed by atoms with Crippen molar-refractivity contribution in [3.05, 3.63) is 83.4 Å². The van der Waals surface area contributed by atoms with Gasteiger partial charge in [0.15, 0.2) is 0 Å². The first-order chi connectivity index (χ1) is 11.8. The first-order valence-electron chi connectivity index (χ1n) is 7.52. The summed E-state index contributed by atoms with van der Waals surface area (Å²) >= 11 is 0. The van der Waals surface area contributed by atoms with Gasteiger partial charge in [-0.3, -0.25) is 0 Å². The molecule has 3 heteroatoms. The van der Waals surface area contributed by atoms with E-state index in [1.807, 2.05) is 78.9 Å². The van der Waals surface area contributed by atoms with Crippen LogP contribution < -0.4 is 4.74 Å². The molecule has 0 aliphatic carbocycles. The van der Waals surface area contributed by atoms with Crippen molar-refractivity contribution in [1.29, 1.82) is 10.5 Å². The normalized spacial score (nSPS) is 9.75. The maximum absolute atomic E-state index is 9.08. The number of benzene rings is 3. The summed E-state index contributed by atoms with van der Waals surface area (Å²) in [6.07, 6.45) is 1.59. The number of nitriles is 2. The zero-order valence-corrected chi connectivity index (χ0v) is 12.9. The van der Waals surface area contributed by atoms with Crippen molar-refractivity contribution in [2.75, 3.05) is 0 Å². The fourth-order valence-corrected chi connectivity index (χ4v) is 2.52. The van der Waals surface area contributed by atoms with Crippen molar-refractivity contribution in [3.8, 4) is 17.9 Å². The highest BCUT2D eigenvalue weighted by Crippen LogP contribution is 2.30. The van der Waals surface area contributed by atoms with Crippen LogP contribution in [-0.4, -0.2) is 0 Å². The molecule has 0 fully saturated rings. The number of rotatable bonds is 4. The van der Waals surface area contributed by atoms with Gasteiger partial charge in [0, 0.05) is 5.56 Å². The number of hydrogen-bond donors (Lipinski definition) is 0. The van der Waals surface area contributed by atoms with Gasteiger partial charge < -0.3 is 4.74 Å². The highest BCUT2D eigenvalue weighted by Gasteiger charge is 2.09. The summed E-state index contributed by atoms with van der Waals surface area (Å²) < 4.78 is 5.96. The Morgan fingerprint density at radius 3 is 2.33 bits per heavy atom. The Kier molecular flexibility index (Phi) is 4.56. The van der Waals surface area contributed by atoms with Crippen LogP contribution in [-0.2, 0) is 6.61 Å². The Hall–Kier alpha value is -3.56. The fourth-order valence-electron chi connectivity index (χ4n) is 2.52. The van der Waals surface area contributed by atoms with Gasteiger partial charge in [0.2, 0.25) is 0 Å². The maximum atomic E-state index is 9.08. The number of fused-ring (bicyclic) bond motifs is 1. The molecule has 0 amide bonds. The molecule has 3 aromatic carbocycles. The van der Waals surface area contributed by atoms with Gasteiger partial charge >= 0.3 is 0 Å². The van der Waals surface area contributed by atoms with E-state index < -0.39 is 0 Å². The first kappa shape index (κ1) is 15.3. The van der Waals surface area contributed by atoms with E-state index >= 15 is 0 Å². The molecule has 0 aliphatic heterocycles. The lowest BCUT2D eigenvalue weighted by atomic mass is 10.0. The number of allylic oxidation sites excluding steroid dienone is 1. The molecule has 114 valence electrons. The maximum Gasteiger partial charge on any atom is 0.130 e. The van der Waals surface area contributed by atoms with E-state index in [9.17, 15) is 0 Å². The quantitative estimate of drug-likeness (QED) is 0.647. The van der Waals surface area contributed by atoms with E-state index in [1.54, 1.807) is 6.08 Å². The van der Waals surface area contributed by atoms with E-state index in [-0.39, 0.29) is 5.57 Å². The third-order valence-electron chi connectivity index (χ3n) is 3.70. The van der Waals surface area contributed by atoms with Crippen molar-refractivity contribution in [1.82, 2.24) is 0 Å². The van der Waals surface area contributed by atoms with Crippen LogP contribution in [0.2, 0.25) is 0 Å². The predicted molar refractivity (Wildman–Crippen MR) is 93.9 cm³/mol. The summed E-state index contributed by atoms with van der Waals surface area (Å²) in [5, 5.41) is 20.1. The van der Waals surface area contributed by atoms with Crippen LogP contribution in [0, 0.1) is 22.7 Å². The molecule has 0 heterocycles. The van der Waals surface area contributed by atoms with E-state index in [0.717, 1.165) is 21.9 Å². The van der Waals surface area contributed by atoms with Crippen molar-refractivity contribution in [2.45, 2.75) is 6.61 Å². The highest BCUT2D eigenvalue weighted by molar-refractivity contribution is 5.94. The number of ether oxygens (including phenoxy) is 1.